The fraction of sp³-hybridized carbons (Fsp3) is 0.680. The van der Waals surface area contributed by atoms with E-state index in [2.05, 4.69) is 19.1 Å². The van der Waals surface area contributed by atoms with Gasteiger partial charge in [0.05, 0.1) is 17.3 Å². The van der Waals surface area contributed by atoms with Gasteiger partial charge in [0.1, 0.15) is 0 Å². The van der Waals surface area contributed by atoms with Crippen molar-refractivity contribution in [2.24, 2.45) is 17.3 Å². The number of hydroxylamine groups is 1. The number of aryl methyl sites for hydroxylation is 1. The number of hydrogen-bond donors (Lipinski definition) is 4. The van der Waals surface area contributed by atoms with Crippen molar-refractivity contribution in [3.63, 3.8) is 0 Å². The molecule has 0 radical (unpaired) electrons. The van der Waals surface area contributed by atoms with Crippen LogP contribution in [0.4, 0.5) is 4.79 Å². The Balaban J connectivity index is 1.58. The molecule has 1 aromatic rings. The lowest BCUT2D eigenvalue weighted by Gasteiger charge is -2.49. The molecular weight excluding hydrogens is 486 g/mol. The number of piperidine rings is 2. The Morgan fingerprint density at radius 3 is 2.39 bits per heavy atom. The Kier molecular flexibility index (Phi) is 7.94. The third-order valence-corrected chi connectivity index (χ3v) is 10.8. The van der Waals surface area contributed by atoms with Crippen LogP contribution in [-0.2, 0) is 14.8 Å². The van der Waals surface area contributed by atoms with Crippen LogP contribution in [0.15, 0.2) is 24.3 Å². The van der Waals surface area contributed by atoms with Gasteiger partial charge in [-0.15, -0.1) is 0 Å². The molecule has 11 heteroatoms. The molecule has 0 aromatic heterocycles. The van der Waals surface area contributed by atoms with E-state index in [1.807, 2.05) is 12.1 Å². The van der Waals surface area contributed by atoms with Crippen molar-refractivity contribution in [2.75, 3.05) is 31.9 Å². The van der Waals surface area contributed by atoms with Gasteiger partial charge in [0.25, 0.3) is 5.91 Å². The summed E-state index contributed by atoms with van der Waals surface area (Å²) in [6.45, 7) is 2.63. The Hall–Kier alpha value is -2.21. The van der Waals surface area contributed by atoms with Crippen LogP contribution in [0.3, 0.4) is 0 Å². The highest BCUT2D eigenvalue weighted by atomic mass is 32.2. The van der Waals surface area contributed by atoms with Crippen molar-refractivity contribution >= 4 is 22.0 Å². The van der Waals surface area contributed by atoms with Crippen LogP contribution in [-0.4, -0.2) is 83.1 Å². The molecule has 4 N–H and O–H groups in total. The van der Waals surface area contributed by atoms with E-state index in [-0.39, 0.29) is 25.4 Å². The molecule has 4 unspecified atom stereocenters. The van der Waals surface area contributed by atoms with Gasteiger partial charge in [-0.05, 0) is 67.9 Å². The monoisotopic (exact) mass is 523 g/mol. The van der Waals surface area contributed by atoms with Gasteiger partial charge in [-0.25, -0.2) is 23.0 Å². The summed E-state index contributed by atoms with van der Waals surface area (Å²) in [5, 5.41) is 29.9. The quantitative estimate of drug-likeness (QED) is 0.330. The van der Waals surface area contributed by atoms with Crippen molar-refractivity contribution in [2.45, 2.75) is 57.5 Å². The number of hydrogen-bond acceptors (Lipinski definition) is 6. The molecule has 10 nitrogen and oxygen atoms in total. The average Bonchev–Trinajstić information content (AvgIpc) is 3.29. The second kappa shape index (κ2) is 10.6. The number of likely N-dealkylation sites (tertiary alicyclic amines) is 1. The van der Waals surface area contributed by atoms with Crippen molar-refractivity contribution in [3.05, 3.63) is 35.4 Å². The minimum atomic E-state index is -3.92. The van der Waals surface area contributed by atoms with E-state index >= 15 is 0 Å². The van der Waals surface area contributed by atoms with Crippen LogP contribution in [0.2, 0.25) is 0 Å². The molecule has 2 aliphatic heterocycles. The largest absolute Gasteiger partial charge is 0.465 e. The number of carbonyl (C=O) groups excluding carboxylic acids is 1. The Labute approximate surface area is 212 Å². The summed E-state index contributed by atoms with van der Waals surface area (Å²) in [5.41, 5.74) is 2.54. The molecule has 1 aliphatic carbocycles. The van der Waals surface area contributed by atoms with Crippen LogP contribution in [0.5, 0.6) is 0 Å². The van der Waals surface area contributed by atoms with Crippen molar-refractivity contribution in [1.82, 2.24) is 14.7 Å². The fourth-order valence-corrected chi connectivity index (χ4v) is 8.82. The van der Waals surface area contributed by atoms with Gasteiger partial charge in [-0.1, -0.05) is 30.7 Å². The molecule has 2 amide bonds. The summed E-state index contributed by atoms with van der Waals surface area (Å²) in [6.07, 6.45) is 1.20. The molecular formula is C25H37N3O7S. The summed E-state index contributed by atoms with van der Waals surface area (Å²) in [7, 11) is -3.92. The Morgan fingerprint density at radius 1 is 1.11 bits per heavy atom. The first-order valence-electron chi connectivity index (χ1n) is 12.7. The number of amides is 2. The maximum atomic E-state index is 13.7. The van der Waals surface area contributed by atoms with Gasteiger partial charge in [-0.2, -0.15) is 0 Å². The number of rotatable bonds is 6. The van der Waals surface area contributed by atoms with Gasteiger partial charge in [-0.3, -0.25) is 10.0 Å². The maximum absolute atomic E-state index is 13.7. The van der Waals surface area contributed by atoms with Gasteiger partial charge in [0.2, 0.25) is 10.0 Å². The molecule has 3 fully saturated rings. The predicted molar refractivity (Wildman–Crippen MR) is 132 cm³/mol. The highest BCUT2D eigenvalue weighted by Crippen LogP contribution is 2.48. The van der Waals surface area contributed by atoms with Crippen LogP contribution >= 0.6 is 0 Å². The van der Waals surface area contributed by atoms with Crippen LogP contribution in [0, 0.1) is 24.2 Å². The van der Waals surface area contributed by atoms with Crippen LogP contribution in [0.1, 0.15) is 55.6 Å². The topological polar surface area (TPSA) is 147 Å². The smallest absolute Gasteiger partial charge is 0.407 e. The normalized spacial score (nSPS) is 30.3. The molecule has 1 saturated carbocycles. The number of nitrogens with one attached hydrogen (secondary N) is 1. The second-order valence-electron chi connectivity index (χ2n) is 10.6. The lowest BCUT2D eigenvalue weighted by atomic mass is 9.64. The highest BCUT2D eigenvalue weighted by Gasteiger charge is 2.56. The average molecular weight is 524 g/mol. The van der Waals surface area contributed by atoms with Gasteiger partial charge in [0, 0.05) is 26.2 Å². The maximum Gasteiger partial charge on any atom is 0.407 e. The van der Waals surface area contributed by atoms with Crippen LogP contribution in [0.25, 0.3) is 0 Å². The molecule has 4 atom stereocenters. The van der Waals surface area contributed by atoms with Crippen molar-refractivity contribution in [3.8, 4) is 0 Å². The van der Waals surface area contributed by atoms with Crippen LogP contribution < -0.4 is 5.48 Å². The number of carboxylic acid groups (broad SMARTS) is 1. The molecule has 2 saturated heterocycles. The lowest BCUT2D eigenvalue weighted by Crippen LogP contribution is -2.61. The molecule has 1 aromatic carbocycles. The Morgan fingerprint density at radius 2 is 1.81 bits per heavy atom. The number of aliphatic hydroxyl groups is 1. The Bertz CT molecular complexity index is 1070. The van der Waals surface area contributed by atoms with E-state index in [0.717, 1.165) is 0 Å². The summed E-state index contributed by atoms with van der Waals surface area (Å²) in [4.78, 5) is 26.1. The van der Waals surface area contributed by atoms with E-state index in [0.29, 0.717) is 45.2 Å². The second-order valence-corrected chi connectivity index (χ2v) is 12.6. The van der Waals surface area contributed by atoms with Gasteiger partial charge < -0.3 is 15.1 Å². The third kappa shape index (κ3) is 5.11. The van der Waals surface area contributed by atoms with E-state index in [1.165, 1.54) is 20.3 Å². The van der Waals surface area contributed by atoms with E-state index in [4.69, 9.17) is 0 Å². The van der Waals surface area contributed by atoms with E-state index in [9.17, 15) is 33.4 Å². The zero-order valence-corrected chi connectivity index (χ0v) is 21.5. The summed E-state index contributed by atoms with van der Waals surface area (Å²) in [6, 6.07) is 8.11. The first kappa shape index (κ1) is 26.8. The molecule has 0 spiro atoms. The van der Waals surface area contributed by atoms with Gasteiger partial charge >= 0.3 is 6.09 Å². The molecule has 2 heterocycles. The number of benzene rings is 1. The third-order valence-electron chi connectivity index (χ3n) is 8.74. The standard InChI is InChI=1S/C25H37N3O7S/c1-17-5-2-3-6-19(17)18-9-12-28(13-10-18)36(34,35)16-25(23(30)26-33)11-14-27(24(31)32)15-21(25)20-7-4-8-22(20)29/h2-3,5-6,18,20-22,29,33H,4,7-16H2,1H3,(H,26,30)(H,31,32). The number of nitrogens with zero attached hydrogens (tertiary/aromatic N) is 2. The SMILES string of the molecule is Cc1ccccc1C1CCN(S(=O)(=O)CC2(C(=O)NO)CCN(C(=O)O)CC2C2CCCC2O)CC1. The van der Waals surface area contributed by atoms with Crippen molar-refractivity contribution in [1.29, 1.82) is 0 Å². The molecule has 4 rings (SSSR count). The van der Waals surface area contributed by atoms with E-state index < -0.39 is 51.1 Å². The zero-order chi connectivity index (χ0) is 26.1. The zero-order valence-electron chi connectivity index (χ0n) is 20.7. The first-order chi connectivity index (χ1) is 17.1. The highest BCUT2D eigenvalue weighted by molar-refractivity contribution is 7.89. The lowest BCUT2D eigenvalue weighted by molar-refractivity contribution is -0.148. The molecule has 0 bridgehead atoms. The number of sulfonamides is 1. The van der Waals surface area contributed by atoms with Gasteiger partial charge in [0.15, 0.2) is 0 Å². The summed E-state index contributed by atoms with van der Waals surface area (Å²) >= 11 is 0. The predicted octanol–water partition coefficient (Wildman–Crippen LogP) is 2.16. The molecule has 200 valence electrons. The number of aliphatic hydroxyl groups excluding tert-OH is 1. The molecule has 3 aliphatic rings. The molecule has 36 heavy (non-hydrogen) atoms. The minimum Gasteiger partial charge on any atom is -0.465 e. The van der Waals surface area contributed by atoms with E-state index in [1.54, 1.807) is 5.48 Å². The fourth-order valence-electron chi connectivity index (χ4n) is 6.73. The summed E-state index contributed by atoms with van der Waals surface area (Å²) in [5.74, 6) is -2.25. The first-order valence-corrected chi connectivity index (χ1v) is 14.3. The van der Waals surface area contributed by atoms with Crippen molar-refractivity contribution < 1.29 is 33.4 Å². The number of carbonyl (C=O) groups is 2. The minimum absolute atomic E-state index is 0.0209. The summed E-state index contributed by atoms with van der Waals surface area (Å²) < 4.78 is 28.9.